The summed E-state index contributed by atoms with van der Waals surface area (Å²) in [5.41, 5.74) is 6.01. The zero-order chi connectivity index (χ0) is 18.0. The summed E-state index contributed by atoms with van der Waals surface area (Å²) in [6.07, 6.45) is 0.322. The molecule has 0 radical (unpaired) electrons. The molecule has 0 saturated carbocycles. The first-order chi connectivity index (χ1) is 12.0. The van der Waals surface area contributed by atoms with E-state index in [0.29, 0.717) is 23.7 Å². The lowest BCUT2D eigenvalue weighted by Crippen LogP contribution is -2.22. The normalized spacial score (nSPS) is 15.9. The fraction of sp³-hybridized carbons (Fsp3) is 0.312. The molecular formula is C16H18N4O4S. The zero-order valence-corrected chi connectivity index (χ0v) is 14.6. The Kier molecular flexibility index (Phi) is 4.75. The minimum absolute atomic E-state index is 0.0847. The Balaban J connectivity index is 1.95. The fourth-order valence-electron chi connectivity index (χ4n) is 2.66. The van der Waals surface area contributed by atoms with Gasteiger partial charge >= 0.3 is 0 Å². The van der Waals surface area contributed by atoms with Crippen molar-refractivity contribution in [1.82, 2.24) is 4.98 Å². The van der Waals surface area contributed by atoms with E-state index in [9.17, 15) is 9.59 Å². The van der Waals surface area contributed by atoms with E-state index in [1.54, 1.807) is 13.1 Å². The minimum atomic E-state index is -0.566. The lowest BCUT2D eigenvalue weighted by atomic mass is 9.91. The summed E-state index contributed by atoms with van der Waals surface area (Å²) in [5.74, 6) is 0.712. The third kappa shape index (κ3) is 3.50. The molecule has 0 spiro atoms. The van der Waals surface area contributed by atoms with Gasteiger partial charge in [-0.15, -0.1) is 0 Å². The lowest BCUT2D eigenvalue weighted by Gasteiger charge is -2.22. The first-order valence-electron chi connectivity index (χ1n) is 7.59. The standard InChI is InChI=1S/C16H18N4O4S/c1-18-16-20-15-14(25-16)9(6-13(22)19-15)8-3-4-10(11(5-8)23-2)24-7-12(17)21/h3-5,9H,6-7H2,1-2H3,(H2,17,21)(H,18,20)(H,19,22)/t9-/m0/s1. The summed E-state index contributed by atoms with van der Waals surface area (Å²) < 4.78 is 10.7. The van der Waals surface area contributed by atoms with Gasteiger partial charge in [-0.2, -0.15) is 0 Å². The van der Waals surface area contributed by atoms with Gasteiger partial charge in [-0.3, -0.25) is 9.59 Å². The van der Waals surface area contributed by atoms with E-state index in [1.807, 2.05) is 12.1 Å². The van der Waals surface area contributed by atoms with Gasteiger partial charge in [0.1, 0.15) is 5.82 Å². The molecule has 1 aliphatic rings. The molecule has 0 saturated heterocycles. The topological polar surface area (TPSA) is 116 Å². The Hall–Kier alpha value is -2.81. The van der Waals surface area contributed by atoms with Gasteiger partial charge in [-0.05, 0) is 17.7 Å². The molecular weight excluding hydrogens is 344 g/mol. The van der Waals surface area contributed by atoms with Gasteiger partial charge < -0.3 is 25.8 Å². The Bertz CT molecular complexity index is 820. The number of benzene rings is 1. The molecule has 1 aromatic heterocycles. The van der Waals surface area contributed by atoms with Crippen molar-refractivity contribution >= 4 is 34.1 Å². The molecule has 0 fully saturated rings. The van der Waals surface area contributed by atoms with Gasteiger partial charge in [0, 0.05) is 19.4 Å². The molecule has 1 aromatic carbocycles. The third-order valence-electron chi connectivity index (χ3n) is 3.79. The summed E-state index contributed by atoms with van der Waals surface area (Å²) in [6, 6.07) is 5.37. The first-order valence-corrected chi connectivity index (χ1v) is 8.40. The second-order valence-corrected chi connectivity index (χ2v) is 6.48. The number of amides is 2. The van der Waals surface area contributed by atoms with Crippen LogP contribution in [0.25, 0.3) is 0 Å². The van der Waals surface area contributed by atoms with E-state index in [-0.39, 0.29) is 18.4 Å². The monoisotopic (exact) mass is 362 g/mol. The molecule has 132 valence electrons. The predicted molar refractivity (Wildman–Crippen MR) is 94.4 cm³/mol. The maximum atomic E-state index is 12.0. The number of ether oxygens (including phenoxy) is 2. The smallest absolute Gasteiger partial charge is 0.255 e. The fourth-order valence-corrected chi connectivity index (χ4v) is 3.67. The molecule has 1 aliphatic heterocycles. The van der Waals surface area contributed by atoms with E-state index in [1.165, 1.54) is 18.4 Å². The third-order valence-corrected chi connectivity index (χ3v) is 4.98. The Morgan fingerprint density at radius 1 is 1.48 bits per heavy atom. The molecule has 0 unspecified atom stereocenters. The summed E-state index contributed by atoms with van der Waals surface area (Å²) in [7, 11) is 3.30. The number of nitrogens with zero attached hydrogens (tertiary/aromatic N) is 1. The first kappa shape index (κ1) is 17.0. The molecule has 2 heterocycles. The highest BCUT2D eigenvalue weighted by Gasteiger charge is 2.30. The number of rotatable bonds is 6. The summed E-state index contributed by atoms with van der Waals surface area (Å²) >= 11 is 1.50. The molecule has 3 rings (SSSR count). The van der Waals surface area contributed by atoms with Crippen LogP contribution in [-0.2, 0) is 9.59 Å². The number of thiazole rings is 1. The van der Waals surface area contributed by atoms with Crippen LogP contribution in [0.5, 0.6) is 11.5 Å². The number of carbonyl (C=O) groups is 2. The average Bonchev–Trinajstić information content (AvgIpc) is 3.01. The van der Waals surface area contributed by atoms with Crippen LogP contribution in [0.2, 0.25) is 0 Å². The number of carbonyl (C=O) groups excluding carboxylic acids is 2. The van der Waals surface area contributed by atoms with Crippen molar-refractivity contribution in [1.29, 1.82) is 0 Å². The highest BCUT2D eigenvalue weighted by Crippen LogP contribution is 2.43. The van der Waals surface area contributed by atoms with E-state index >= 15 is 0 Å². The molecule has 8 nitrogen and oxygen atoms in total. The minimum Gasteiger partial charge on any atom is -0.493 e. The van der Waals surface area contributed by atoms with Crippen LogP contribution in [0, 0.1) is 0 Å². The SMILES string of the molecule is CNc1nc2c(s1)[C@H](c1ccc(OCC(N)=O)c(OC)c1)CC(=O)N2. The number of anilines is 2. The van der Waals surface area contributed by atoms with Gasteiger partial charge in [0.05, 0.1) is 12.0 Å². The molecule has 25 heavy (non-hydrogen) atoms. The second-order valence-electron chi connectivity index (χ2n) is 5.45. The van der Waals surface area contributed by atoms with Crippen molar-refractivity contribution in [2.45, 2.75) is 12.3 Å². The highest BCUT2D eigenvalue weighted by atomic mass is 32.1. The van der Waals surface area contributed by atoms with Crippen LogP contribution in [0.15, 0.2) is 18.2 Å². The number of hydrogen-bond acceptors (Lipinski definition) is 7. The van der Waals surface area contributed by atoms with Gasteiger partial charge in [0.15, 0.2) is 23.2 Å². The number of hydrogen-bond donors (Lipinski definition) is 3. The van der Waals surface area contributed by atoms with Crippen LogP contribution in [0.1, 0.15) is 22.8 Å². The van der Waals surface area contributed by atoms with Crippen molar-refractivity contribution < 1.29 is 19.1 Å². The van der Waals surface area contributed by atoms with Crippen LogP contribution >= 0.6 is 11.3 Å². The summed E-state index contributed by atoms with van der Waals surface area (Å²) in [5, 5.41) is 6.54. The van der Waals surface area contributed by atoms with Crippen molar-refractivity contribution in [3.63, 3.8) is 0 Å². The Labute approximate surface area is 148 Å². The van der Waals surface area contributed by atoms with E-state index in [2.05, 4.69) is 15.6 Å². The van der Waals surface area contributed by atoms with Crippen molar-refractivity contribution in [3.05, 3.63) is 28.6 Å². The molecule has 4 N–H and O–H groups in total. The van der Waals surface area contributed by atoms with Gasteiger partial charge in [0.2, 0.25) is 5.91 Å². The molecule has 9 heteroatoms. The molecule has 2 amide bonds. The molecule has 0 aliphatic carbocycles. The van der Waals surface area contributed by atoms with Gasteiger partial charge in [0.25, 0.3) is 5.91 Å². The molecule has 0 bridgehead atoms. The quantitative estimate of drug-likeness (QED) is 0.718. The lowest BCUT2D eigenvalue weighted by molar-refractivity contribution is -0.120. The van der Waals surface area contributed by atoms with Crippen molar-refractivity contribution in [2.75, 3.05) is 31.4 Å². The van der Waals surface area contributed by atoms with Gasteiger partial charge in [-0.1, -0.05) is 17.4 Å². The van der Waals surface area contributed by atoms with E-state index < -0.39 is 5.91 Å². The van der Waals surface area contributed by atoms with Crippen LogP contribution in [-0.4, -0.2) is 37.6 Å². The van der Waals surface area contributed by atoms with Crippen molar-refractivity contribution in [2.24, 2.45) is 5.73 Å². The molecule has 2 aromatic rings. The van der Waals surface area contributed by atoms with E-state index in [0.717, 1.165) is 15.6 Å². The highest BCUT2D eigenvalue weighted by molar-refractivity contribution is 7.16. The number of nitrogens with one attached hydrogen (secondary N) is 2. The largest absolute Gasteiger partial charge is 0.493 e. The van der Waals surface area contributed by atoms with E-state index in [4.69, 9.17) is 15.2 Å². The number of aromatic nitrogens is 1. The number of primary amides is 1. The zero-order valence-electron chi connectivity index (χ0n) is 13.8. The predicted octanol–water partition coefficient (Wildman–Crippen LogP) is 1.53. The van der Waals surface area contributed by atoms with Gasteiger partial charge in [-0.25, -0.2) is 4.98 Å². The number of fused-ring (bicyclic) bond motifs is 1. The number of nitrogens with two attached hydrogens (primary N) is 1. The average molecular weight is 362 g/mol. The number of methoxy groups -OCH3 is 1. The van der Waals surface area contributed by atoms with Crippen molar-refractivity contribution in [3.8, 4) is 11.5 Å². The Morgan fingerprint density at radius 2 is 2.28 bits per heavy atom. The summed E-state index contributed by atoms with van der Waals surface area (Å²) in [6.45, 7) is -0.230. The second kappa shape index (κ2) is 6.98. The van der Waals surface area contributed by atoms with Crippen LogP contribution in [0.4, 0.5) is 10.9 Å². The Morgan fingerprint density at radius 3 is 2.96 bits per heavy atom. The maximum absolute atomic E-state index is 12.0. The molecule has 1 atom stereocenters. The van der Waals surface area contributed by atoms with Crippen LogP contribution < -0.4 is 25.8 Å². The maximum Gasteiger partial charge on any atom is 0.255 e. The summed E-state index contributed by atoms with van der Waals surface area (Å²) in [4.78, 5) is 28.3. The van der Waals surface area contributed by atoms with Crippen LogP contribution in [0.3, 0.4) is 0 Å².